The van der Waals surface area contributed by atoms with Crippen molar-refractivity contribution in [2.45, 2.75) is 0 Å². The van der Waals surface area contributed by atoms with Gasteiger partial charge in [-0.05, 0) is 42.3 Å². The van der Waals surface area contributed by atoms with Crippen LogP contribution >= 0.6 is 30.8 Å². The molecule has 0 saturated carbocycles. The first-order chi connectivity index (χ1) is 7.98. The van der Waals surface area contributed by atoms with Gasteiger partial charge >= 0.3 is 0 Å². The SMILES string of the molecule is CN(C)P(=O)(N(C)C)N(C)C.CS(C)=O.ClCCl. The van der Waals surface area contributed by atoms with E-state index in [1.807, 2.05) is 42.3 Å². The second-order valence-corrected chi connectivity index (χ2v) is 9.62. The third kappa shape index (κ3) is 11.9. The van der Waals surface area contributed by atoms with Gasteiger partial charge in [-0.25, -0.2) is 14.0 Å². The summed E-state index contributed by atoms with van der Waals surface area (Å²) in [5.41, 5.74) is 0. The highest BCUT2D eigenvalue weighted by Gasteiger charge is 2.30. The summed E-state index contributed by atoms with van der Waals surface area (Å²) in [4.78, 5) is 0. The summed E-state index contributed by atoms with van der Waals surface area (Å²) in [6.07, 6.45) is 3.28. The van der Waals surface area contributed by atoms with Crippen LogP contribution in [0.2, 0.25) is 0 Å². The van der Waals surface area contributed by atoms with E-state index in [1.54, 1.807) is 26.5 Å². The molecule has 0 unspecified atom stereocenters. The van der Waals surface area contributed by atoms with Crippen molar-refractivity contribution in [1.82, 2.24) is 14.0 Å². The molecule has 5 nitrogen and oxygen atoms in total. The van der Waals surface area contributed by atoms with Crippen LogP contribution in [0.15, 0.2) is 0 Å². The van der Waals surface area contributed by atoms with Crippen molar-refractivity contribution in [2.24, 2.45) is 0 Å². The topological polar surface area (TPSA) is 43.9 Å². The highest BCUT2D eigenvalue weighted by Crippen LogP contribution is 2.50. The number of hydrogen-bond donors (Lipinski definition) is 0. The third-order valence-electron chi connectivity index (χ3n) is 1.56. The van der Waals surface area contributed by atoms with Gasteiger partial charge < -0.3 is 0 Å². The predicted octanol–water partition coefficient (Wildman–Crippen LogP) is 2.20. The lowest BCUT2D eigenvalue weighted by Gasteiger charge is -2.34. The van der Waals surface area contributed by atoms with Gasteiger partial charge in [-0.3, -0.25) is 8.77 Å². The van der Waals surface area contributed by atoms with Crippen LogP contribution in [0.3, 0.4) is 0 Å². The van der Waals surface area contributed by atoms with Crippen molar-refractivity contribution in [1.29, 1.82) is 0 Å². The van der Waals surface area contributed by atoms with Gasteiger partial charge in [0.15, 0.2) is 0 Å². The monoisotopic (exact) mass is 341 g/mol. The standard InChI is InChI=1S/C6H18N3OP.C2H6OS.CH2Cl2/c1-7(2)11(10,8(3)4)9(5)6;1-4(2)3;2-1-3/h1-6H3;1-2H3;1H2. The van der Waals surface area contributed by atoms with Crippen LogP contribution in [-0.4, -0.2) is 78.4 Å². The van der Waals surface area contributed by atoms with E-state index >= 15 is 0 Å². The zero-order chi connectivity index (χ0) is 15.5. The Bertz CT molecular complexity index is 234. The van der Waals surface area contributed by atoms with Crippen molar-refractivity contribution >= 4 is 41.6 Å². The van der Waals surface area contributed by atoms with Crippen molar-refractivity contribution in [3.63, 3.8) is 0 Å². The Balaban J connectivity index is -0.000000266. The number of rotatable bonds is 3. The Kier molecular flexibility index (Phi) is 17.1. The van der Waals surface area contributed by atoms with Crippen LogP contribution in [0, 0.1) is 0 Å². The van der Waals surface area contributed by atoms with Gasteiger partial charge in [-0.1, -0.05) is 0 Å². The Morgan fingerprint density at radius 1 is 0.889 bits per heavy atom. The van der Waals surface area contributed by atoms with Gasteiger partial charge in [0.1, 0.15) is 0 Å². The molecule has 0 rings (SSSR count). The van der Waals surface area contributed by atoms with Crippen molar-refractivity contribution < 1.29 is 8.77 Å². The van der Waals surface area contributed by atoms with Crippen molar-refractivity contribution in [2.75, 3.05) is 60.1 Å². The van der Waals surface area contributed by atoms with Crippen LogP contribution in [0.4, 0.5) is 0 Å². The van der Waals surface area contributed by atoms with E-state index in [2.05, 4.69) is 0 Å². The molecule has 0 aliphatic rings. The van der Waals surface area contributed by atoms with E-state index in [-0.39, 0.29) is 5.34 Å². The summed E-state index contributed by atoms with van der Waals surface area (Å²) < 4.78 is 26.9. The lowest BCUT2D eigenvalue weighted by Crippen LogP contribution is -2.30. The smallest absolute Gasteiger partial charge is 0.270 e. The molecule has 0 atom stereocenters. The second-order valence-electron chi connectivity index (χ2n) is 3.90. The molecule has 0 bridgehead atoms. The highest BCUT2D eigenvalue weighted by atomic mass is 35.5. The average molecular weight is 342 g/mol. The molecule has 18 heavy (non-hydrogen) atoms. The molecule has 0 aromatic carbocycles. The molecule has 0 aliphatic heterocycles. The van der Waals surface area contributed by atoms with Crippen molar-refractivity contribution in [3.8, 4) is 0 Å². The third-order valence-corrected chi connectivity index (χ3v) is 4.69. The minimum Gasteiger partial charge on any atom is -0.270 e. The maximum atomic E-state index is 12.1. The minimum atomic E-state index is -2.44. The fourth-order valence-electron chi connectivity index (χ4n) is 1.07. The van der Waals surface area contributed by atoms with Gasteiger partial charge in [0.2, 0.25) is 0 Å². The summed E-state index contributed by atoms with van der Waals surface area (Å²) >= 11 is 9.53. The molecule has 114 valence electrons. The van der Waals surface area contributed by atoms with E-state index in [0.29, 0.717) is 0 Å². The van der Waals surface area contributed by atoms with Crippen LogP contribution < -0.4 is 0 Å². The molecule has 0 saturated heterocycles. The van der Waals surface area contributed by atoms with Crippen LogP contribution in [0.1, 0.15) is 0 Å². The second kappa shape index (κ2) is 12.9. The molecular weight excluding hydrogens is 316 g/mol. The first-order valence-corrected chi connectivity index (χ1v) is 9.58. The zero-order valence-corrected chi connectivity index (χ0v) is 15.7. The molecule has 0 spiro atoms. The summed E-state index contributed by atoms with van der Waals surface area (Å²) in [5, 5.41) is 0.194. The van der Waals surface area contributed by atoms with E-state index in [0.717, 1.165) is 0 Å². The van der Waals surface area contributed by atoms with E-state index < -0.39 is 18.4 Å². The fourth-order valence-corrected chi connectivity index (χ4v) is 3.22. The maximum Gasteiger partial charge on any atom is 0.285 e. The molecule has 0 amide bonds. The molecule has 9 heteroatoms. The minimum absolute atomic E-state index is 0.194. The lowest BCUT2D eigenvalue weighted by atomic mass is 11.2. The Labute approximate surface area is 124 Å². The van der Waals surface area contributed by atoms with Gasteiger partial charge in [0.05, 0.1) is 5.34 Å². The number of alkyl halides is 2. The molecule has 0 aromatic heterocycles. The average Bonchev–Trinajstić information content (AvgIpc) is 2.15. The maximum absolute atomic E-state index is 12.1. The molecule has 0 heterocycles. The molecule has 0 fully saturated rings. The molecule has 0 aliphatic carbocycles. The normalized spacial score (nSPS) is 11.2. The largest absolute Gasteiger partial charge is 0.285 e. The zero-order valence-electron chi connectivity index (χ0n) is 12.5. The number of nitrogens with zero attached hydrogens (tertiary/aromatic N) is 3. The van der Waals surface area contributed by atoms with E-state index in [4.69, 9.17) is 23.2 Å². The first kappa shape index (κ1) is 23.9. The molecule has 0 radical (unpaired) electrons. The summed E-state index contributed by atoms with van der Waals surface area (Å²) in [6.45, 7) is 0. The van der Waals surface area contributed by atoms with Crippen LogP contribution in [0.5, 0.6) is 0 Å². The predicted molar refractivity (Wildman–Crippen MR) is 85.2 cm³/mol. The van der Waals surface area contributed by atoms with Gasteiger partial charge in [0, 0.05) is 23.3 Å². The van der Waals surface area contributed by atoms with Crippen LogP contribution in [0.25, 0.3) is 0 Å². The van der Waals surface area contributed by atoms with E-state index in [9.17, 15) is 8.77 Å². The summed E-state index contributed by atoms with van der Waals surface area (Å²) in [7, 11) is 7.87. The Morgan fingerprint density at radius 2 is 1.00 bits per heavy atom. The van der Waals surface area contributed by atoms with E-state index in [1.165, 1.54) is 0 Å². The highest BCUT2D eigenvalue weighted by molar-refractivity contribution is 7.83. The van der Waals surface area contributed by atoms with Gasteiger partial charge in [0.25, 0.3) is 7.59 Å². The Hall–Kier alpha value is 0.840. The number of halogens is 2. The first-order valence-electron chi connectivity index (χ1n) is 4.98. The molecule has 0 aromatic rings. The lowest BCUT2D eigenvalue weighted by molar-refractivity contribution is 0.383. The van der Waals surface area contributed by atoms with Gasteiger partial charge in [-0.2, -0.15) is 0 Å². The molecule has 0 N–H and O–H groups in total. The summed E-state index contributed by atoms with van der Waals surface area (Å²) in [5.74, 6) is 0. The summed E-state index contributed by atoms with van der Waals surface area (Å²) in [6, 6.07) is 0. The van der Waals surface area contributed by atoms with Gasteiger partial charge in [-0.15, -0.1) is 23.2 Å². The quantitative estimate of drug-likeness (QED) is 0.581. The number of hydrogen-bond acceptors (Lipinski definition) is 2. The van der Waals surface area contributed by atoms with Crippen LogP contribution in [-0.2, 0) is 15.4 Å². The fraction of sp³-hybridized carbons (Fsp3) is 1.00. The van der Waals surface area contributed by atoms with Crippen molar-refractivity contribution in [3.05, 3.63) is 0 Å². The Morgan fingerprint density at radius 3 is 1.00 bits per heavy atom. The molecular formula is C9H26Cl2N3O2PS.